The van der Waals surface area contributed by atoms with Crippen LogP contribution >= 0.6 is 0 Å². The van der Waals surface area contributed by atoms with Crippen LogP contribution in [-0.2, 0) is 11.7 Å². The summed E-state index contributed by atoms with van der Waals surface area (Å²) in [6.07, 6.45) is 0. The Morgan fingerprint density at radius 1 is 0.875 bits per heavy atom. The molecule has 0 saturated heterocycles. The summed E-state index contributed by atoms with van der Waals surface area (Å²) in [5.74, 6) is 0.897. The molecule has 2 nitrogen and oxygen atoms in total. The highest BCUT2D eigenvalue weighted by Crippen LogP contribution is 2.21. The molecule has 0 aliphatic carbocycles. The zero-order valence-corrected chi connectivity index (χ0v) is 8.52. The second-order valence-electron chi connectivity index (χ2n) is 3.34. The van der Waals surface area contributed by atoms with Gasteiger partial charge in [0.2, 0.25) is 0 Å². The van der Waals surface area contributed by atoms with E-state index in [0.29, 0.717) is 17.1 Å². The fourth-order valence-corrected chi connectivity index (χ4v) is 1.29. The monoisotopic (exact) mass is 217 g/mol. The minimum absolute atomic E-state index is 0.239. The van der Waals surface area contributed by atoms with Crippen molar-refractivity contribution in [3.05, 3.63) is 59.9 Å². The average Bonchev–Trinajstić information content (AvgIpc) is 2.33. The van der Waals surface area contributed by atoms with Gasteiger partial charge in [0, 0.05) is 0 Å². The summed E-state index contributed by atoms with van der Waals surface area (Å²) >= 11 is 0. The third-order valence-corrected chi connectivity index (χ3v) is 2.14. The van der Waals surface area contributed by atoms with E-state index in [9.17, 15) is 9.50 Å². The molecule has 16 heavy (non-hydrogen) atoms. The van der Waals surface area contributed by atoms with Crippen molar-refractivity contribution in [2.75, 3.05) is 0 Å². The van der Waals surface area contributed by atoms with Gasteiger partial charge in [-0.05, 0) is 42.0 Å². The molecule has 0 N–H and O–H groups in total. The Morgan fingerprint density at radius 2 is 1.38 bits per heavy atom. The standard InChI is InChI=1S/C13H10FO2/c14-11-3-7-13(8-4-11)16-12-5-1-10(9-15)2-6-12/h1-8H,9H2. The average molecular weight is 217 g/mol. The van der Waals surface area contributed by atoms with Gasteiger partial charge in [0.1, 0.15) is 23.9 Å². The molecule has 0 aliphatic heterocycles. The van der Waals surface area contributed by atoms with Crippen molar-refractivity contribution < 1.29 is 14.2 Å². The number of ether oxygens (including phenoxy) is 1. The first-order valence-corrected chi connectivity index (χ1v) is 4.88. The van der Waals surface area contributed by atoms with Crippen LogP contribution in [0.15, 0.2) is 48.5 Å². The molecule has 2 aromatic carbocycles. The molecular weight excluding hydrogens is 207 g/mol. The molecule has 0 saturated carbocycles. The van der Waals surface area contributed by atoms with Gasteiger partial charge in [-0.3, -0.25) is 0 Å². The molecular formula is C13H10FO2. The van der Waals surface area contributed by atoms with Crippen LogP contribution in [0.2, 0.25) is 0 Å². The predicted octanol–water partition coefficient (Wildman–Crippen LogP) is 3.55. The molecule has 3 heteroatoms. The molecule has 1 radical (unpaired) electrons. The lowest BCUT2D eigenvalue weighted by atomic mass is 10.2. The van der Waals surface area contributed by atoms with Crippen molar-refractivity contribution in [3.63, 3.8) is 0 Å². The second-order valence-corrected chi connectivity index (χ2v) is 3.34. The molecule has 0 amide bonds. The smallest absolute Gasteiger partial charge is 0.127 e. The van der Waals surface area contributed by atoms with E-state index in [0.717, 1.165) is 0 Å². The minimum Gasteiger partial charge on any atom is -0.457 e. The maximum atomic E-state index is 12.6. The van der Waals surface area contributed by atoms with Gasteiger partial charge in [-0.25, -0.2) is 9.50 Å². The highest BCUT2D eigenvalue weighted by molar-refractivity contribution is 5.32. The lowest BCUT2D eigenvalue weighted by Crippen LogP contribution is -1.86. The Morgan fingerprint density at radius 3 is 1.88 bits per heavy atom. The SMILES string of the molecule is [O]Cc1ccc(Oc2ccc(F)cc2)cc1. The highest BCUT2D eigenvalue weighted by atomic mass is 19.1. The molecule has 2 aromatic rings. The number of hydrogen-bond acceptors (Lipinski definition) is 1. The molecule has 81 valence electrons. The Bertz CT molecular complexity index is 448. The van der Waals surface area contributed by atoms with E-state index >= 15 is 0 Å². The Balaban J connectivity index is 2.11. The van der Waals surface area contributed by atoms with Gasteiger partial charge >= 0.3 is 0 Å². The number of hydrogen-bond donors (Lipinski definition) is 0. The van der Waals surface area contributed by atoms with Crippen LogP contribution in [0.25, 0.3) is 0 Å². The van der Waals surface area contributed by atoms with Gasteiger partial charge in [0.25, 0.3) is 0 Å². The van der Waals surface area contributed by atoms with Crippen LogP contribution in [0, 0.1) is 5.82 Å². The molecule has 0 aliphatic rings. The van der Waals surface area contributed by atoms with Crippen LogP contribution in [0.3, 0.4) is 0 Å². The molecule has 0 unspecified atom stereocenters. The Kier molecular flexibility index (Phi) is 3.17. The first-order valence-electron chi connectivity index (χ1n) is 4.88. The zero-order chi connectivity index (χ0) is 11.4. The quantitative estimate of drug-likeness (QED) is 0.772. The normalized spacial score (nSPS) is 10.1. The molecule has 2 rings (SSSR count). The summed E-state index contributed by atoms with van der Waals surface area (Å²) in [4.78, 5) is 0. The molecule has 0 heterocycles. The Labute approximate surface area is 92.9 Å². The van der Waals surface area contributed by atoms with E-state index in [-0.39, 0.29) is 12.4 Å². The summed E-state index contributed by atoms with van der Waals surface area (Å²) < 4.78 is 18.1. The number of benzene rings is 2. The van der Waals surface area contributed by atoms with Gasteiger partial charge in [0.15, 0.2) is 0 Å². The van der Waals surface area contributed by atoms with E-state index in [1.54, 1.807) is 36.4 Å². The topological polar surface area (TPSA) is 29.1 Å². The summed E-state index contributed by atoms with van der Waals surface area (Å²) in [5, 5.41) is 10.6. The fourth-order valence-electron chi connectivity index (χ4n) is 1.29. The number of rotatable bonds is 3. The third-order valence-electron chi connectivity index (χ3n) is 2.14. The van der Waals surface area contributed by atoms with Crippen LogP contribution in [-0.4, -0.2) is 0 Å². The van der Waals surface area contributed by atoms with Gasteiger partial charge in [-0.15, -0.1) is 0 Å². The van der Waals surface area contributed by atoms with Crippen molar-refractivity contribution in [3.8, 4) is 11.5 Å². The maximum absolute atomic E-state index is 12.6. The predicted molar refractivity (Wildman–Crippen MR) is 57.3 cm³/mol. The minimum atomic E-state index is -0.297. The van der Waals surface area contributed by atoms with Crippen LogP contribution in [0.4, 0.5) is 4.39 Å². The fraction of sp³-hybridized carbons (Fsp3) is 0.0769. The zero-order valence-electron chi connectivity index (χ0n) is 8.52. The summed E-state index contributed by atoms with van der Waals surface area (Å²) in [5.41, 5.74) is 0.714. The summed E-state index contributed by atoms with van der Waals surface area (Å²) in [7, 11) is 0. The first-order chi connectivity index (χ1) is 7.78. The number of halogens is 1. The van der Waals surface area contributed by atoms with Crippen LogP contribution in [0.1, 0.15) is 5.56 Å². The largest absolute Gasteiger partial charge is 0.457 e. The molecule has 0 aromatic heterocycles. The summed E-state index contributed by atoms with van der Waals surface area (Å²) in [6.45, 7) is -0.239. The van der Waals surface area contributed by atoms with Crippen molar-refractivity contribution >= 4 is 0 Å². The summed E-state index contributed by atoms with van der Waals surface area (Å²) in [6, 6.07) is 12.6. The first kappa shape index (κ1) is 10.6. The van der Waals surface area contributed by atoms with E-state index < -0.39 is 0 Å². The molecule has 0 fully saturated rings. The molecule has 0 atom stereocenters. The lowest BCUT2D eigenvalue weighted by Gasteiger charge is -2.05. The van der Waals surface area contributed by atoms with E-state index in [2.05, 4.69) is 0 Å². The van der Waals surface area contributed by atoms with Crippen molar-refractivity contribution in [2.45, 2.75) is 6.61 Å². The highest BCUT2D eigenvalue weighted by Gasteiger charge is 1.98. The van der Waals surface area contributed by atoms with Crippen molar-refractivity contribution in [1.29, 1.82) is 0 Å². The van der Waals surface area contributed by atoms with E-state index in [1.165, 1.54) is 12.1 Å². The van der Waals surface area contributed by atoms with E-state index in [1.807, 2.05) is 0 Å². The lowest BCUT2D eigenvalue weighted by molar-refractivity contribution is 0.177. The van der Waals surface area contributed by atoms with Crippen LogP contribution in [0.5, 0.6) is 11.5 Å². The van der Waals surface area contributed by atoms with Gasteiger partial charge in [-0.2, -0.15) is 0 Å². The van der Waals surface area contributed by atoms with Crippen molar-refractivity contribution in [1.82, 2.24) is 0 Å². The second kappa shape index (κ2) is 4.77. The van der Waals surface area contributed by atoms with E-state index in [4.69, 9.17) is 4.74 Å². The van der Waals surface area contributed by atoms with Gasteiger partial charge < -0.3 is 4.74 Å². The molecule has 0 spiro atoms. The van der Waals surface area contributed by atoms with Crippen LogP contribution < -0.4 is 4.74 Å². The maximum Gasteiger partial charge on any atom is 0.127 e. The molecule has 0 bridgehead atoms. The third kappa shape index (κ3) is 2.58. The van der Waals surface area contributed by atoms with Gasteiger partial charge in [0.05, 0.1) is 0 Å². The van der Waals surface area contributed by atoms with Gasteiger partial charge in [-0.1, -0.05) is 12.1 Å². The van der Waals surface area contributed by atoms with Crippen molar-refractivity contribution in [2.24, 2.45) is 0 Å². The Hall–Kier alpha value is -1.87.